The van der Waals surface area contributed by atoms with Gasteiger partial charge in [-0.1, -0.05) is 23.8 Å². The van der Waals surface area contributed by atoms with Crippen molar-refractivity contribution in [3.8, 4) is 0 Å². The van der Waals surface area contributed by atoms with Crippen molar-refractivity contribution in [2.24, 2.45) is 0 Å². The summed E-state index contributed by atoms with van der Waals surface area (Å²) in [4.78, 5) is -0.0570. The van der Waals surface area contributed by atoms with Crippen LogP contribution in [0.5, 0.6) is 0 Å². The van der Waals surface area contributed by atoms with Gasteiger partial charge < -0.3 is 0 Å². The molecule has 0 bridgehead atoms. The molecule has 1 aromatic carbocycles. The lowest BCUT2D eigenvalue weighted by atomic mass is 10.1. The van der Waals surface area contributed by atoms with Crippen LogP contribution in [0.15, 0.2) is 53.2 Å². The van der Waals surface area contributed by atoms with Crippen LogP contribution in [-0.4, -0.2) is 14.2 Å². The highest BCUT2D eigenvalue weighted by Crippen LogP contribution is 2.27. The molecule has 102 valence electrons. The van der Waals surface area contributed by atoms with E-state index in [2.05, 4.69) is 0 Å². The molecule has 0 aliphatic heterocycles. The minimum absolute atomic E-state index is 0.0570. The average molecular weight is 285 g/mol. The number of hydrogen-bond donors (Lipinski definition) is 1. The molecule has 19 heavy (non-hydrogen) atoms. The third-order valence-corrected chi connectivity index (χ3v) is 4.20. The van der Waals surface area contributed by atoms with Crippen molar-refractivity contribution in [3.05, 3.63) is 53.9 Å². The first-order valence-corrected chi connectivity index (χ1v) is 7.13. The van der Waals surface area contributed by atoms with Crippen molar-refractivity contribution in [2.45, 2.75) is 24.0 Å². The summed E-state index contributed by atoms with van der Waals surface area (Å²) in [6.45, 7) is 1.81. The average Bonchev–Trinajstić information content (AvgIpc) is 2.27. The molecule has 0 fully saturated rings. The smallest absolute Gasteiger partial charge is 0.220 e. The van der Waals surface area contributed by atoms with Crippen LogP contribution in [0.1, 0.15) is 12.0 Å². The molecule has 1 aliphatic rings. The van der Waals surface area contributed by atoms with E-state index in [1.54, 1.807) is 12.1 Å². The molecule has 0 radical (unpaired) electrons. The number of allylic oxidation sites excluding steroid dienone is 2. The van der Waals surface area contributed by atoms with Crippen molar-refractivity contribution in [2.75, 3.05) is 0 Å². The van der Waals surface area contributed by atoms with E-state index in [-0.39, 0.29) is 4.90 Å². The Bertz CT molecular complexity index is 635. The van der Waals surface area contributed by atoms with Crippen LogP contribution in [-0.2, 0) is 10.0 Å². The van der Waals surface area contributed by atoms with Gasteiger partial charge in [-0.25, -0.2) is 17.2 Å². The Kier molecular flexibility index (Phi) is 3.56. The number of hydrogen-bond acceptors (Lipinski definition) is 2. The number of aryl methyl sites for hydroxylation is 1. The minimum Gasteiger partial charge on any atom is -0.220 e. The molecule has 3 nitrogen and oxygen atoms in total. The second kappa shape index (κ2) is 4.86. The highest BCUT2D eigenvalue weighted by Gasteiger charge is 2.35. The van der Waals surface area contributed by atoms with Crippen molar-refractivity contribution in [3.63, 3.8) is 0 Å². The predicted molar refractivity (Wildman–Crippen MR) is 68.3 cm³/mol. The maximum Gasteiger partial charge on any atom is 0.243 e. The van der Waals surface area contributed by atoms with E-state index in [9.17, 15) is 17.2 Å². The Labute approximate surface area is 110 Å². The molecule has 2 rings (SSSR count). The summed E-state index contributed by atoms with van der Waals surface area (Å²) in [6.07, 6.45) is 2.59. The summed E-state index contributed by atoms with van der Waals surface area (Å²) in [5.41, 5.74) is 0.889. The van der Waals surface area contributed by atoms with E-state index in [0.717, 1.165) is 23.8 Å². The third-order valence-electron chi connectivity index (χ3n) is 2.70. The number of alkyl halides is 1. The normalized spacial score (nSPS) is 23.2. The zero-order chi connectivity index (χ0) is 14.1. The minimum atomic E-state index is -4.03. The number of halogens is 2. The molecule has 0 saturated heterocycles. The van der Waals surface area contributed by atoms with E-state index in [1.165, 1.54) is 12.1 Å². The number of benzene rings is 1. The lowest BCUT2D eigenvalue weighted by Crippen LogP contribution is -2.43. The number of rotatable bonds is 3. The monoisotopic (exact) mass is 285 g/mol. The molecule has 1 aromatic rings. The molecule has 1 unspecified atom stereocenters. The second-order valence-corrected chi connectivity index (χ2v) is 6.11. The highest BCUT2D eigenvalue weighted by molar-refractivity contribution is 7.89. The molecule has 1 N–H and O–H groups in total. The zero-order valence-electron chi connectivity index (χ0n) is 10.2. The van der Waals surface area contributed by atoms with Crippen molar-refractivity contribution < 1.29 is 17.2 Å². The number of nitrogens with one attached hydrogen (secondary N) is 1. The first-order chi connectivity index (χ1) is 8.81. The largest absolute Gasteiger partial charge is 0.243 e. The van der Waals surface area contributed by atoms with Gasteiger partial charge in [0, 0.05) is 0 Å². The predicted octanol–water partition coefficient (Wildman–Crippen LogP) is 2.75. The second-order valence-electron chi connectivity index (χ2n) is 4.43. The fourth-order valence-electron chi connectivity index (χ4n) is 1.74. The van der Waals surface area contributed by atoms with Gasteiger partial charge in [0.15, 0.2) is 5.79 Å². The van der Waals surface area contributed by atoms with Gasteiger partial charge in [0.05, 0.1) is 11.3 Å². The molecular formula is C13H13F2NO2S. The quantitative estimate of drug-likeness (QED) is 0.868. The van der Waals surface area contributed by atoms with Crippen LogP contribution in [0.3, 0.4) is 0 Å². The maximum absolute atomic E-state index is 14.2. The molecule has 0 amide bonds. The van der Waals surface area contributed by atoms with E-state index >= 15 is 0 Å². The molecule has 1 aliphatic carbocycles. The van der Waals surface area contributed by atoms with Crippen molar-refractivity contribution in [1.82, 2.24) is 4.72 Å². The van der Waals surface area contributed by atoms with E-state index < -0.39 is 28.1 Å². The Morgan fingerprint density at radius 3 is 2.47 bits per heavy atom. The molecule has 0 aromatic heterocycles. The van der Waals surface area contributed by atoms with Gasteiger partial charge in [-0.2, -0.15) is 4.72 Å². The van der Waals surface area contributed by atoms with Gasteiger partial charge in [-0.05, 0) is 31.2 Å². The summed E-state index contributed by atoms with van der Waals surface area (Å²) in [7, 11) is -4.03. The topological polar surface area (TPSA) is 46.2 Å². The molecule has 6 heteroatoms. The van der Waals surface area contributed by atoms with Gasteiger partial charge in [0.1, 0.15) is 5.83 Å². The molecule has 0 spiro atoms. The van der Waals surface area contributed by atoms with Gasteiger partial charge in [0.25, 0.3) is 0 Å². The van der Waals surface area contributed by atoms with Crippen molar-refractivity contribution in [1.29, 1.82) is 0 Å². The summed E-state index contributed by atoms with van der Waals surface area (Å²) in [5.74, 6) is -3.14. The van der Waals surface area contributed by atoms with Crippen LogP contribution >= 0.6 is 0 Å². The summed E-state index contributed by atoms with van der Waals surface area (Å²) in [5, 5.41) is 0. The fraction of sp³-hybridized carbons (Fsp3) is 0.231. The van der Waals surface area contributed by atoms with Crippen LogP contribution < -0.4 is 4.72 Å². The summed E-state index contributed by atoms with van der Waals surface area (Å²) < 4.78 is 53.1. The molecule has 1 atom stereocenters. The van der Waals surface area contributed by atoms with Crippen molar-refractivity contribution >= 4 is 10.0 Å². The van der Waals surface area contributed by atoms with Crippen LogP contribution in [0.2, 0.25) is 0 Å². The zero-order valence-corrected chi connectivity index (χ0v) is 11.0. The van der Waals surface area contributed by atoms with Gasteiger partial charge >= 0.3 is 0 Å². The van der Waals surface area contributed by atoms with Crippen LogP contribution in [0.4, 0.5) is 8.78 Å². The Morgan fingerprint density at radius 1 is 1.26 bits per heavy atom. The highest BCUT2D eigenvalue weighted by atomic mass is 32.2. The third kappa shape index (κ3) is 3.27. The Morgan fingerprint density at radius 2 is 1.89 bits per heavy atom. The standard InChI is InChI=1S/C13H13F2NO2S/c1-10-4-6-12(7-5-10)19(17,18)16-13(15)8-2-3-11(14)9-13/h2-8,16H,9H2,1H3. The van der Waals surface area contributed by atoms with Gasteiger partial charge in [-0.3, -0.25) is 0 Å². The number of sulfonamides is 1. The first-order valence-electron chi connectivity index (χ1n) is 5.64. The molecule has 0 heterocycles. The van der Waals surface area contributed by atoms with E-state index in [1.807, 2.05) is 11.6 Å². The SMILES string of the molecule is Cc1ccc(S(=O)(=O)NC2(F)C=CC=C(F)C2)cc1. The summed E-state index contributed by atoms with van der Waals surface area (Å²) >= 11 is 0. The fourth-order valence-corrected chi connectivity index (χ4v) is 2.94. The Hall–Kier alpha value is -1.53. The summed E-state index contributed by atoms with van der Waals surface area (Å²) in [6, 6.07) is 5.97. The van der Waals surface area contributed by atoms with E-state index in [4.69, 9.17) is 0 Å². The lowest BCUT2D eigenvalue weighted by molar-refractivity contribution is 0.198. The molecular weight excluding hydrogens is 272 g/mol. The van der Waals surface area contributed by atoms with Crippen LogP contribution in [0, 0.1) is 6.92 Å². The maximum atomic E-state index is 14.2. The van der Waals surface area contributed by atoms with E-state index in [0.29, 0.717) is 0 Å². The van der Waals surface area contributed by atoms with Gasteiger partial charge in [-0.15, -0.1) is 0 Å². The van der Waals surface area contributed by atoms with Gasteiger partial charge in [0.2, 0.25) is 10.0 Å². The molecule has 0 saturated carbocycles. The Balaban J connectivity index is 2.25. The lowest BCUT2D eigenvalue weighted by Gasteiger charge is -2.24. The first kappa shape index (κ1) is 13.9. The van der Waals surface area contributed by atoms with Crippen LogP contribution in [0.25, 0.3) is 0 Å².